The third kappa shape index (κ3) is 1.25. The van der Waals surface area contributed by atoms with Crippen LogP contribution in [0.5, 0.6) is 0 Å². The number of benzene rings is 2. The van der Waals surface area contributed by atoms with Gasteiger partial charge in [0.25, 0.3) is 0 Å². The Kier molecular flexibility index (Phi) is 2.11. The third-order valence-electron chi connectivity index (χ3n) is 1.83. The van der Waals surface area contributed by atoms with Gasteiger partial charge in [-0.05, 0) is 17.5 Å². The van der Waals surface area contributed by atoms with Crippen LogP contribution in [0, 0.1) is 0 Å². The summed E-state index contributed by atoms with van der Waals surface area (Å²) in [5.74, 6) is 0. The third-order valence-corrected chi connectivity index (χ3v) is 2.87. The van der Waals surface area contributed by atoms with Crippen molar-refractivity contribution in [1.82, 2.24) is 0 Å². The van der Waals surface area contributed by atoms with Crippen molar-refractivity contribution in [3.63, 3.8) is 0 Å². The quantitative estimate of drug-likeness (QED) is 0.662. The number of thiol groups is 1. The van der Waals surface area contributed by atoms with Gasteiger partial charge >= 0.3 is 0 Å². The summed E-state index contributed by atoms with van der Waals surface area (Å²) in [6.45, 7) is 0. The van der Waals surface area contributed by atoms with Gasteiger partial charge in [-0.2, -0.15) is 0 Å². The van der Waals surface area contributed by atoms with E-state index in [4.69, 9.17) is 0 Å². The zero-order valence-electron chi connectivity index (χ0n) is 6.29. The summed E-state index contributed by atoms with van der Waals surface area (Å²) >= 11 is 7.89. The van der Waals surface area contributed by atoms with Crippen LogP contribution in [-0.2, 0) is 0 Å². The van der Waals surface area contributed by atoms with Gasteiger partial charge in [-0.15, -0.1) is 12.6 Å². The van der Waals surface area contributed by atoms with Crippen LogP contribution < -0.4 is 0 Å². The molecule has 2 rings (SSSR count). The number of hydrogen-bond acceptors (Lipinski definition) is 1. The van der Waals surface area contributed by atoms with E-state index >= 15 is 0 Å². The lowest BCUT2D eigenvalue weighted by molar-refractivity contribution is 1.54. The van der Waals surface area contributed by atoms with E-state index in [-0.39, 0.29) is 0 Å². The molecule has 0 saturated heterocycles. The van der Waals surface area contributed by atoms with E-state index in [1.165, 1.54) is 10.8 Å². The van der Waals surface area contributed by atoms with Crippen molar-refractivity contribution in [1.29, 1.82) is 0 Å². The Morgan fingerprint density at radius 2 is 1.67 bits per heavy atom. The van der Waals surface area contributed by atoms with Crippen molar-refractivity contribution in [2.75, 3.05) is 0 Å². The number of halogens is 1. The van der Waals surface area contributed by atoms with Gasteiger partial charge in [0.05, 0.1) is 0 Å². The summed E-state index contributed by atoms with van der Waals surface area (Å²) < 4.78 is 1.10. The molecule has 0 aliphatic carbocycles. The Balaban J connectivity index is 2.96. The summed E-state index contributed by atoms with van der Waals surface area (Å²) in [5.41, 5.74) is 0. The topological polar surface area (TPSA) is 0 Å². The monoisotopic (exact) mass is 238 g/mol. The fourth-order valence-electron chi connectivity index (χ4n) is 1.28. The maximum atomic E-state index is 4.39. The van der Waals surface area contributed by atoms with Crippen LogP contribution >= 0.6 is 28.6 Å². The zero-order valence-corrected chi connectivity index (χ0v) is 8.77. The first-order valence-electron chi connectivity index (χ1n) is 3.65. The highest BCUT2D eigenvalue weighted by Crippen LogP contribution is 2.28. The first-order valence-corrected chi connectivity index (χ1v) is 4.89. The Bertz CT molecular complexity index is 386. The molecule has 0 spiro atoms. The Hall–Kier alpha value is -0.470. The van der Waals surface area contributed by atoms with Gasteiger partial charge in [0.1, 0.15) is 0 Å². The van der Waals surface area contributed by atoms with Crippen molar-refractivity contribution >= 4 is 39.3 Å². The maximum absolute atomic E-state index is 4.39. The second kappa shape index (κ2) is 3.11. The van der Waals surface area contributed by atoms with Gasteiger partial charge in [0.2, 0.25) is 0 Å². The Morgan fingerprint density at radius 1 is 1.00 bits per heavy atom. The molecule has 0 aliphatic heterocycles. The van der Waals surface area contributed by atoms with Crippen molar-refractivity contribution < 1.29 is 0 Å². The molecule has 0 amide bonds. The van der Waals surface area contributed by atoms with E-state index in [1.54, 1.807) is 0 Å². The van der Waals surface area contributed by atoms with Crippen LogP contribution in [-0.4, -0.2) is 0 Å². The average molecular weight is 239 g/mol. The van der Waals surface area contributed by atoms with Crippen molar-refractivity contribution in [3.8, 4) is 0 Å². The summed E-state index contributed by atoms with van der Waals surface area (Å²) in [6, 6.07) is 12.2. The molecule has 0 bridgehead atoms. The molecule has 2 aromatic rings. The molecular formula is C10H7BrS. The van der Waals surface area contributed by atoms with Crippen LogP contribution in [0.25, 0.3) is 10.8 Å². The van der Waals surface area contributed by atoms with E-state index in [0.29, 0.717) is 0 Å². The fraction of sp³-hybridized carbons (Fsp3) is 0. The van der Waals surface area contributed by atoms with Crippen LogP contribution in [0.4, 0.5) is 0 Å². The van der Waals surface area contributed by atoms with E-state index in [9.17, 15) is 0 Å². The molecule has 0 aromatic heterocycles. The molecule has 0 radical (unpaired) electrons. The molecule has 0 fully saturated rings. The maximum Gasteiger partial charge on any atom is 0.0264 e. The molecule has 2 heteroatoms. The van der Waals surface area contributed by atoms with Crippen molar-refractivity contribution in [3.05, 3.63) is 40.9 Å². The van der Waals surface area contributed by atoms with E-state index in [1.807, 2.05) is 24.3 Å². The van der Waals surface area contributed by atoms with Gasteiger partial charge in [-0.25, -0.2) is 0 Å². The summed E-state index contributed by atoms with van der Waals surface area (Å²) in [7, 11) is 0. The summed E-state index contributed by atoms with van der Waals surface area (Å²) in [4.78, 5) is 1.01. The van der Waals surface area contributed by atoms with Crippen molar-refractivity contribution in [2.45, 2.75) is 4.90 Å². The van der Waals surface area contributed by atoms with Crippen LogP contribution in [0.3, 0.4) is 0 Å². The molecule has 60 valence electrons. The lowest BCUT2D eigenvalue weighted by Gasteiger charge is -2.02. The van der Waals surface area contributed by atoms with Crippen molar-refractivity contribution in [2.24, 2.45) is 0 Å². The first kappa shape index (κ1) is 8.14. The smallest absolute Gasteiger partial charge is 0.0264 e. The van der Waals surface area contributed by atoms with Gasteiger partial charge in [-0.1, -0.05) is 40.2 Å². The highest BCUT2D eigenvalue weighted by atomic mass is 79.9. The van der Waals surface area contributed by atoms with Gasteiger partial charge in [0.15, 0.2) is 0 Å². The second-order valence-corrected chi connectivity index (χ2v) is 3.95. The number of rotatable bonds is 0. The highest BCUT2D eigenvalue weighted by Gasteiger charge is 1.99. The molecule has 0 nitrogen and oxygen atoms in total. The molecule has 0 unspecified atom stereocenters. The summed E-state index contributed by atoms with van der Waals surface area (Å²) in [5, 5.41) is 2.40. The minimum Gasteiger partial charge on any atom is -0.143 e. The normalized spacial score (nSPS) is 10.5. The predicted octanol–water partition coefficient (Wildman–Crippen LogP) is 3.89. The fourth-order valence-corrected chi connectivity index (χ4v) is 2.36. The minimum absolute atomic E-state index is 1.01. The van der Waals surface area contributed by atoms with Crippen LogP contribution in [0.1, 0.15) is 0 Å². The number of fused-ring (bicyclic) bond motifs is 1. The number of hydrogen-bond donors (Lipinski definition) is 1. The molecule has 0 N–H and O–H groups in total. The molecule has 0 saturated carbocycles. The van der Waals surface area contributed by atoms with E-state index in [2.05, 4.69) is 40.7 Å². The van der Waals surface area contributed by atoms with E-state index in [0.717, 1.165) is 9.37 Å². The molecule has 0 heterocycles. The molecule has 0 aliphatic rings. The molecular weight excluding hydrogens is 232 g/mol. The predicted molar refractivity (Wildman–Crippen MR) is 58.9 cm³/mol. The lowest BCUT2D eigenvalue weighted by Crippen LogP contribution is -1.75. The standard InChI is InChI=1S/C10H7BrS/c11-8-5-1-3-7-4-2-6-9(12)10(7)8/h1-6,12H. The second-order valence-electron chi connectivity index (χ2n) is 2.62. The van der Waals surface area contributed by atoms with E-state index < -0.39 is 0 Å². The zero-order chi connectivity index (χ0) is 8.55. The van der Waals surface area contributed by atoms with Crippen LogP contribution in [0.2, 0.25) is 0 Å². The Labute approximate surface area is 85.1 Å². The lowest BCUT2D eigenvalue weighted by atomic mass is 10.1. The minimum atomic E-state index is 1.01. The molecule has 12 heavy (non-hydrogen) atoms. The Morgan fingerprint density at radius 3 is 2.33 bits per heavy atom. The van der Waals surface area contributed by atoms with Gasteiger partial charge in [0, 0.05) is 14.8 Å². The van der Waals surface area contributed by atoms with Gasteiger partial charge < -0.3 is 0 Å². The van der Waals surface area contributed by atoms with Crippen LogP contribution in [0.15, 0.2) is 45.8 Å². The largest absolute Gasteiger partial charge is 0.143 e. The SMILES string of the molecule is Sc1cccc2cccc(Br)c12. The van der Waals surface area contributed by atoms with Gasteiger partial charge in [-0.3, -0.25) is 0 Å². The average Bonchev–Trinajstić information content (AvgIpc) is 2.04. The molecule has 2 aromatic carbocycles. The first-order chi connectivity index (χ1) is 5.79. The highest BCUT2D eigenvalue weighted by molar-refractivity contribution is 9.10. The molecule has 0 atom stereocenters. The summed E-state index contributed by atoms with van der Waals surface area (Å²) in [6.07, 6.45) is 0.